The van der Waals surface area contributed by atoms with E-state index in [4.69, 9.17) is 4.74 Å². The Balaban J connectivity index is 1.66. The third kappa shape index (κ3) is 5.04. The molecule has 0 bridgehead atoms. The van der Waals surface area contributed by atoms with E-state index in [1.54, 1.807) is 0 Å². The van der Waals surface area contributed by atoms with Crippen LogP contribution in [0.4, 0.5) is 0 Å². The first kappa shape index (κ1) is 21.7. The second kappa shape index (κ2) is 10.7. The van der Waals surface area contributed by atoms with Gasteiger partial charge in [-0.1, -0.05) is 84.9 Å². The molecule has 4 aromatic rings. The molecule has 158 valence electrons. The highest BCUT2D eigenvalue weighted by atomic mass is 31.2. The molecule has 0 radical (unpaired) electrons. The van der Waals surface area contributed by atoms with Crippen molar-refractivity contribution in [2.24, 2.45) is 0 Å². The van der Waals surface area contributed by atoms with Crippen molar-refractivity contribution in [3.63, 3.8) is 0 Å². The third-order valence-corrected chi connectivity index (χ3v) is 9.34. The first-order chi connectivity index (χ1) is 15.8. The molecule has 3 heteroatoms. The van der Waals surface area contributed by atoms with Gasteiger partial charge in [0, 0.05) is 0 Å². The van der Waals surface area contributed by atoms with E-state index < -0.39 is 7.26 Å². The van der Waals surface area contributed by atoms with Gasteiger partial charge >= 0.3 is 5.97 Å². The number of hydrogen-bond acceptors (Lipinski definition) is 2. The van der Waals surface area contributed by atoms with Crippen LogP contribution in [-0.2, 0) is 16.1 Å². The summed E-state index contributed by atoms with van der Waals surface area (Å²) < 4.78 is 5.48. The Bertz CT molecular complexity index is 1040. The van der Waals surface area contributed by atoms with Crippen molar-refractivity contribution in [2.75, 3.05) is 0 Å². The Morgan fingerprint density at radius 1 is 0.625 bits per heavy atom. The van der Waals surface area contributed by atoms with Gasteiger partial charge in [0.2, 0.25) is 0 Å². The molecule has 2 nitrogen and oxygen atoms in total. The minimum absolute atomic E-state index is 0.225. The molecule has 0 aliphatic rings. The summed E-state index contributed by atoms with van der Waals surface area (Å²) in [7, 11) is -2.07. The van der Waals surface area contributed by atoms with Gasteiger partial charge in [0.1, 0.15) is 29.8 Å². The van der Waals surface area contributed by atoms with Crippen molar-refractivity contribution in [1.82, 2.24) is 0 Å². The average Bonchev–Trinajstić information content (AvgIpc) is 2.88. The van der Waals surface area contributed by atoms with Crippen LogP contribution in [0.1, 0.15) is 12.0 Å². The lowest BCUT2D eigenvalue weighted by molar-refractivity contribution is -0.143. The zero-order chi connectivity index (χ0) is 22.1. The molecule has 0 unspecified atom stereocenters. The summed E-state index contributed by atoms with van der Waals surface area (Å²) in [6, 6.07) is 41.5. The van der Waals surface area contributed by atoms with Gasteiger partial charge in [0.05, 0.1) is 12.2 Å². The molecule has 4 aromatic carbocycles. The van der Waals surface area contributed by atoms with E-state index >= 15 is 0 Å². The van der Waals surface area contributed by atoms with E-state index in [2.05, 4.69) is 78.6 Å². The highest BCUT2D eigenvalue weighted by molar-refractivity contribution is 7.98. The molecule has 0 atom stereocenters. The first-order valence-corrected chi connectivity index (χ1v) is 12.6. The summed E-state index contributed by atoms with van der Waals surface area (Å²) in [6.45, 7) is 0.295. The van der Waals surface area contributed by atoms with Crippen LogP contribution in [0, 0.1) is 0 Å². The van der Waals surface area contributed by atoms with Gasteiger partial charge in [0.25, 0.3) is 0 Å². The molecule has 0 heterocycles. The van der Waals surface area contributed by atoms with Crippen molar-refractivity contribution < 1.29 is 9.53 Å². The lowest BCUT2D eigenvalue weighted by Gasteiger charge is -2.24. The maximum atomic E-state index is 12.5. The smallest absolute Gasteiger partial charge is 0.310 e. The zero-order valence-corrected chi connectivity index (χ0v) is 18.8. The Hall–Kier alpha value is -3.48. The van der Waals surface area contributed by atoms with Crippen LogP contribution in [0.15, 0.2) is 133 Å². The Labute approximate surface area is 190 Å². The lowest BCUT2D eigenvalue weighted by Crippen LogP contribution is -2.29. The maximum absolute atomic E-state index is 12.5. The van der Waals surface area contributed by atoms with E-state index in [0.717, 1.165) is 5.56 Å². The molecule has 0 saturated carbocycles. The van der Waals surface area contributed by atoms with Crippen LogP contribution in [0.25, 0.3) is 0 Å². The SMILES string of the molecule is O=C(CC=C[P+](c1ccccc1)(c1ccccc1)c1ccccc1)OCc1ccccc1. The number of rotatable bonds is 8. The van der Waals surface area contributed by atoms with Crippen LogP contribution < -0.4 is 15.9 Å². The third-order valence-electron chi connectivity index (χ3n) is 5.35. The molecule has 0 aliphatic carbocycles. The van der Waals surface area contributed by atoms with Crippen LogP contribution in [0.3, 0.4) is 0 Å². The minimum atomic E-state index is -2.07. The maximum Gasteiger partial charge on any atom is 0.310 e. The fraction of sp³-hybridized carbons (Fsp3) is 0.0690. The zero-order valence-electron chi connectivity index (χ0n) is 17.9. The molecular weight excluding hydrogens is 411 g/mol. The Kier molecular flexibility index (Phi) is 7.27. The molecule has 0 fully saturated rings. The quantitative estimate of drug-likeness (QED) is 0.264. The van der Waals surface area contributed by atoms with Crippen LogP contribution in [-0.4, -0.2) is 5.97 Å². The van der Waals surface area contributed by atoms with Gasteiger partial charge in [0.15, 0.2) is 0 Å². The molecule has 0 N–H and O–H groups in total. The number of esters is 1. The Morgan fingerprint density at radius 3 is 1.47 bits per heavy atom. The van der Waals surface area contributed by atoms with Crippen LogP contribution in [0.5, 0.6) is 0 Å². The van der Waals surface area contributed by atoms with Gasteiger partial charge < -0.3 is 4.74 Å². The first-order valence-electron chi connectivity index (χ1n) is 10.7. The largest absolute Gasteiger partial charge is 0.461 e. The van der Waals surface area contributed by atoms with E-state index in [1.807, 2.05) is 54.6 Å². The van der Waals surface area contributed by atoms with Crippen LogP contribution >= 0.6 is 7.26 Å². The van der Waals surface area contributed by atoms with E-state index in [1.165, 1.54) is 15.9 Å². The van der Waals surface area contributed by atoms with Crippen LogP contribution in [0.2, 0.25) is 0 Å². The van der Waals surface area contributed by atoms with Gasteiger partial charge in [-0.3, -0.25) is 4.79 Å². The number of benzene rings is 4. The number of carbonyl (C=O) groups excluding carboxylic acids is 1. The van der Waals surface area contributed by atoms with E-state index in [9.17, 15) is 4.79 Å². The molecule has 0 saturated heterocycles. The normalized spacial score (nSPS) is 11.4. The monoisotopic (exact) mass is 437 g/mol. The fourth-order valence-corrected chi connectivity index (χ4v) is 7.56. The van der Waals surface area contributed by atoms with Gasteiger partial charge in [-0.2, -0.15) is 0 Å². The highest BCUT2D eigenvalue weighted by Crippen LogP contribution is 2.56. The number of hydrogen-bond donors (Lipinski definition) is 0. The van der Waals surface area contributed by atoms with Crippen molar-refractivity contribution in [2.45, 2.75) is 13.0 Å². The second-order valence-corrected chi connectivity index (χ2v) is 10.8. The van der Waals surface area contributed by atoms with Crippen molar-refractivity contribution in [1.29, 1.82) is 0 Å². The predicted molar refractivity (Wildman–Crippen MR) is 135 cm³/mol. The van der Waals surface area contributed by atoms with Crippen molar-refractivity contribution in [3.8, 4) is 0 Å². The Morgan fingerprint density at radius 2 is 1.03 bits per heavy atom. The average molecular weight is 437 g/mol. The molecule has 0 spiro atoms. The minimum Gasteiger partial charge on any atom is -0.461 e. The standard InChI is InChI=1S/C29H26O2P/c30-29(31-24-25-14-5-1-6-15-25)22-13-23-32(26-16-7-2-8-17-26,27-18-9-3-10-19-27)28-20-11-4-12-21-28/h1-21,23H,22,24H2/q+1. The molecule has 4 rings (SSSR count). The van der Waals surface area contributed by atoms with Crippen molar-refractivity contribution in [3.05, 3.63) is 139 Å². The molecule has 0 amide bonds. The summed E-state index contributed by atoms with van der Waals surface area (Å²) in [5, 5.41) is 3.77. The van der Waals surface area contributed by atoms with Gasteiger partial charge in [-0.05, 0) is 48.0 Å². The summed E-state index contributed by atoms with van der Waals surface area (Å²) in [6.07, 6.45) is 2.22. The summed E-state index contributed by atoms with van der Waals surface area (Å²) in [5.41, 5.74) is 0.990. The summed E-state index contributed by atoms with van der Waals surface area (Å²) in [5.74, 6) is 2.02. The molecular formula is C29H26O2P+. The fourth-order valence-electron chi connectivity index (χ4n) is 3.80. The molecule has 32 heavy (non-hydrogen) atoms. The lowest BCUT2D eigenvalue weighted by atomic mass is 10.2. The number of carbonyl (C=O) groups is 1. The number of ether oxygens (including phenoxy) is 1. The van der Waals surface area contributed by atoms with Gasteiger partial charge in [-0.25, -0.2) is 0 Å². The van der Waals surface area contributed by atoms with Gasteiger partial charge in [-0.15, -0.1) is 0 Å². The summed E-state index contributed by atoms with van der Waals surface area (Å²) >= 11 is 0. The van der Waals surface area contributed by atoms with E-state index in [-0.39, 0.29) is 12.4 Å². The van der Waals surface area contributed by atoms with E-state index in [0.29, 0.717) is 6.61 Å². The predicted octanol–water partition coefficient (Wildman–Crippen LogP) is 5.63. The molecule has 0 aliphatic heterocycles. The summed E-state index contributed by atoms with van der Waals surface area (Å²) in [4.78, 5) is 12.5. The second-order valence-electron chi connectivity index (χ2n) is 7.46. The topological polar surface area (TPSA) is 26.3 Å². The molecule has 0 aromatic heterocycles. The van der Waals surface area contributed by atoms with Crippen molar-refractivity contribution >= 4 is 29.1 Å². The highest BCUT2D eigenvalue weighted by Gasteiger charge is 2.43.